The van der Waals surface area contributed by atoms with E-state index in [0.29, 0.717) is 5.56 Å². The van der Waals surface area contributed by atoms with E-state index in [4.69, 9.17) is 5.73 Å². The lowest BCUT2D eigenvalue weighted by Crippen LogP contribution is -2.72. The predicted molar refractivity (Wildman–Crippen MR) is 89.6 cm³/mol. The Morgan fingerprint density at radius 1 is 1.32 bits per heavy atom. The molecule has 0 spiro atoms. The summed E-state index contributed by atoms with van der Waals surface area (Å²) in [6, 6.07) is 5.48. The smallest absolute Gasteiger partial charge is 0.328 e. The Balaban J connectivity index is 1.78. The van der Waals surface area contributed by atoms with E-state index < -0.39 is 56.8 Å². The highest BCUT2D eigenvalue weighted by Crippen LogP contribution is 2.43. The highest BCUT2D eigenvalue weighted by molar-refractivity contribution is 7.87. The van der Waals surface area contributed by atoms with Crippen LogP contribution in [-0.4, -0.2) is 54.2 Å². The second-order valence-corrected chi connectivity index (χ2v) is 8.78. The van der Waals surface area contributed by atoms with Gasteiger partial charge in [0, 0.05) is 0 Å². The number of hydrogen-bond donors (Lipinski definition) is 3. The molecule has 8 nitrogen and oxygen atoms in total. The van der Waals surface area contributed by atoms with Crippen LogP contribution in [0.5, 0.6) is 0 Å². The van der Waals surface area contributed by atoms with Gasteiger partial charge in [0.15, 0.2) is 0 Å². The molecule has 0 radical (unpaired) electrons. The average molecular weight is 365 g/mol. The van der Waals surface area contributed by atoms with Crippen LogP contribution in [-0.2, 0) is 25.2 Å². The van der Waals surface area contributed by atoms with E-state index in [1.54, 1.807) is 44.2 Å². The van der Waals surface area contributed by atoms with Gasteiger partial charge in [0.25, 0.3) is 0 Å². The summed E-state index contributed by atoms with van der Waals surface area (Å²) in [5.74, 6) is -2.33. The van der Waals surface area contributed by atoms with E-state index in [2.05, 4.69) is 5.32 Å². The molecule has 0 aromatic heterocycles. The maximum absolute atomic E-state index is 12.7. The number of nitrogens with two attached hydrogens (primary N) is 1. The number of β-lactam (4-membered cyclic amide) rings is 1. The van der Waals surface area contributed by atoms with Crippen LogP contribution in [0.4, 0.5) is 0 Å². The first kappa shape index (κ1) is 17.6. The third-order valence-corrected chi connectivity index (χ3v) is 6.93. The number of rotatable bonds is 4. The van der Waals surface area contributed by atoms with Crippen molar-refractivity contribution in [1.82, 2.24) is 10.2 Å². The molecule has 4 N–H and O–H groups in total. The third-order valence-electron chi connectivity index (χ3n) is 4.73. The van der Waals surface area contributed by atoms with Gasteiger partial charge in [0.05, 0.1) is 15.5 Å². The van der Waals surface area contributed by atoms with E-state index in [9.17, 15) is 23.7 Å². The molecule has 0 bridgehead atoms. The summed E-state index contributed by atoms with van der Waals surface area (Å²) < 4.78 is 11.5. The Bertz CT molecular complexity index is 766. The monoisotopic (exact) mass is 365 g/mol. The molecular formula is C16H19N3O5S. The number of nitrogens with one attached hydrogen (secondary N) is 1. The van der Waals surface area contributed by atoms with E-state index in [-0.39, 0.29) is 0 Å². The minimum Gasteiger partial charge on any atom is -0.480 e. The van der Waals surface area contributed by atoms with Crippen LogP contribution in [0.15, 0.2) is 30.3 Å². The molecule has 9 heteroatoms. The van der Waals surface area contributed by atoms with Crippen molar-refractivity contribution in [1.29, 1.82) is 0 Å². The van der Waals surface area contributed by atoms with Gasteiger partial charge in [-0.25, -0.2) is 4.79 Å². The highest BCUT2D eigenvalue weighted by atomic mass is 32.2. The maximum Gasteiger partial charge on any atom is 0.328 e. The average Bonchev–Trinajstić information content (AvgIpc) is 2.77. The second kappa shape index (κ2) is 5.92. The molecule has 0 aliphatic carbocycles. The van der Waals surface area contributed by atoms with Gasteiger partial charge in [-0.15, -0.1) is 0 Å². The molecule has 0 saturated carbocycles. The Morgan fingerprint density at radius 3 is 2.48 bits per heavy atom. The summed E-state index contributed by atoms with van der Waals surface area (Å²) in [7, 11) is -1.63. The number of carbonyl (C=O) groups is 3. The van der Waals surface area contributed by atoms with Crippen molar-refractivity contribution < 1.29 is 23.7 Å². The van der Waals surface area contributed by atoms with Gasteiger partial charge in [-0.1, -0.05) is 30.3 Å². The highest BCUT2D eigenvalue weighted by Gasteiger charge is 2.68. The Labute approximate surface area is 146 Å². The fourth-order valence-electron chi connectivity index (χ4n) is 3.35. The van der Waals surface area contributed by atoms with Gasteiger partial charge < -0.3 is 21.1 Å². The number of amides is 2. The minimum atomic E-state index is -1.63. The number of aliphatic carboxylic acids is 1. The van der Waals surface area contributed by atoms with Gasteiger partial charge in [-0.05, 0) is 19.4 Å². The van der Waals surface area contributed by atoms with E-state index >= 15 is 0 Å². The normalized spacial score (nSPS) is 31.0. The zero-order valence-electron chi connectivity index (χ0n) is 13.7. The molecule has 2 heterocycles. The summed E-state index contributed by atoms with van der Waals surface area (Å²) >= 11 is 0. The van der Waals surface area contributed by atoms with Gasteiger partial charge in [0.1, 0.15) is 23.5 Å². The van der Waals surface area contributed by atoms with Gasteiger partial charge in [0.2, 0.25) is 11.8 Å². The SMILES string of the molecule is CC1(C)[C@H](C(=O)O)N2C(=O)[C@@H](NC(=O)[C@H](N)c3ccccc3)[C@@H]2[S@@]1=O. The molecule has 3 rings (SSSR count). The van der Waals surface area contributed by atoms with Gasteiger partial charge >= 0.3 is 5.97 Å². The summed E-state index contributed by atoms with van der Waals surface area (Å²) in [5, 5.41) is 11.0. The Kier molecular flexibility index (Phi) is 4.16. The first-order chi connectivity index (χ1) is 11.7. The fourth-order valence-corrected chi connectivity index (χ4v) is 5.27. The van der Waals surface area contributed by atoms with E-state index in [1.165, 1.54) is 0 Å². The lowest BCUT2D eigenvalue weighted by molar-refractivity contribution is -0.161. The molecule has 2 aliphatic rings. The molecule has 1 aromatic rings. The van der Waals surface area contributed by atoms with Crippen LogP contribution >= 0.6 is 0 Å². The van der Waals surface area contributed by atoms with Crippen LogP contribution in [0.3, 0.4) is 0 Å². The molecule has 2 amide bonds. The van der Waals surface area contributed by atoms with Crippen LogP contribution in [0, 0.1) is 0 Å². The van der Waals surface area contributed by atoms with Crippen molar-refractivity contribution in [3.8, 4) is 0 Å². The molecule has 25 heavy (non-hydrogen) atoms. The lowest BCUT2D eigenvalue weighted by Gasteiger charge is -2.43. The summed E-state index contributed by atoms with van der Waals surface area (Å²) in [6.07, 6.45) is 0. The van der Waals surface area contributed by atoms with Crippen LogP contribution in [0.25, 0.3) is 0 Å². The number of fused-ring (bicyclic) bond motifs is 1. The minimum absolute atomic E-state index is 0.551. The van der Waals surface area contributed by atoms with E-state index in [1.807, 2.05) is 0 Å². The molecule has 2 saturated heterocycles. The van der Waals surface area contributed by atoms with Gasteiger partial charge in [-0.3, -0.25) is 13.8 Å². The Morgan fingerprint density at radius 2 is 1.92 bits per heavy atom. The van der Waals surface area contributed by atoms with E-state index in [0.717, 1.165) is 4.90 Å². The zero-order chi connectivity index (χ0) is 18.5. The zero-order valence-corrected chi connectivity index (χ0v) is 14.5. The summed E-state index contributed by atoms with van der Waals surface area (Å²) in [4.78, 5) is 37.3. The van der Waals surface area contributed by atoms with Crippen molar-refractivity contribution in [3.63, 3.8) is 0 Å². The molecule has 2 aliphatic heterocycles. The van der Waals surface area contributed by atoms with Crippen LogP contribution in [0.2, 0.25) is 0 Å². The van der Waals surface area contributed by atoms with Crippen molar-refractivity contribution in [2.45, 2.75) is 42.1 Å². The number of carboxylic acid groups (broad SMARTS) is 1. The maximum atomic E-state index is 12.7. The van der Waals surface area contributed by atoms with Crippen LogP contribution < -0.4 is 11.1 Å². The molecule has 0 unspecified atom stereocenters. The topological polar surface area (TPSA) is 130 Å². The van der Waals surface area contributed by atoms with Gasteiger partial charge in [-0.2, -0.15) is 0 Å². The molecule has 5 atom stereocenters. The van der Waals surface area contributed by atoms with Crippen LogP contribution in [0.1, 0.15) is 25.5 Å². The lowest BCUT2D eigenvalue weighted by atomic mass is 9.95. The first-order valence-electron chi connectivity index (χ1n) is 7.74. The number of hydrogen-bond acceptors (Lipinski definition) is 5. The predicted octanol–water partition coefficient (Wildman–Crippen LogP) is -0.666. The largest absolute Gasteiger partial charge is 0.480 e. The molecular weight excluding hydrogens is 346 g/mol. The summed E-state index contributed by atoms with van der Waals surface area (Å²) in [6.45, 7) is 3.09. The first-order valence-corrected chi connectivity index (χ1v) is 8.95. The number of benzene rings is 1. The molecule has 134 valence electrons. The summed E-state index contributed by atoms with van der Waals surface area (Å²) in [5.41, 5.74) is 6.49. The standard InChI is InChI=1S/C16H19N3O5S/c1-16(2)11(15(22)23)19-13(21)10(14(19)25(16)24)18-12(20)9(17)8-6-4-3-5-7-8/h3-7,9-11,14H,17H2,1-2H3,(H,18,20)(H,22,23)/t9-,10-,11+,14+,25+/m1/s1. The van der Waals surface area contributed by atoms with Crippen molar-refractivity contribution >= 4 is 28.6 Å². The number of carbonyl (C=O) groups excluding carboxylic acids is 2. The molecule has 1 aromatic carbocycles. The number of carboxylic acids is 1. The fraction of sp³-hybridized carbons (Fsp3) is 0.438. The third kappa shape index (κ3) is 2.54. The number of nitrogens with zero attached hydrogens (tertiary/aromatic N) is 1. The second-order valence-electron chi connectivity index (χ2n) is 6.65. The Hall–Kier alpha value is -2.26. The van der Waals surface area contributed by atoms with Crippen molar-refractivity contribution in [3.05, 3.63) is 35.9 Å². The van der Waals surface area contributed by atoms with Crippen molar-refractivity contribution in [2.75, 3.05) is 0 Å². The molecule has 2 fully saturated rings. The quantitative estimate of drug-likeness (QED) is 0.607. The van der Waals surface area contributed by atoms with Crippen molar-refractivity contribution in [2.24, 2.45) is 5.73 Å².